The minimum absolute atomic E-state index is 0.00569. The Balaban J connectivity index is 1.88. The van der Waals surface area contributed by atoms with E-state index in [9.17, 15) is 8.78 Å². The summed E-state index contributed by atoms with van der Waals surface area (Å²) in [5.41, 5.74) is 1.65. The number of nitrogens with one attached hydrogen (secondary N) is 1. The van der Waals surface area contributed by atoms with Crippen molar-refractivity contribution in [3.63, 3.8) is 0 Å². The van der Waals surface area contributed by atoms with Crippen molar-refractivity contribution < 1.29 is 13.5 Å². The number of ether oxygens (including phenoxy) is 1. The number of nitriles is 1. The zero-order valence-electron chi connectivity index (χ0n) is 11.3. The second-order valence-corrected chi connectivity index (χ2v) is 4.45. The molecular weight excluding hydrogens is 274 g/mol. The number of hydrogen-bond acceptors (Lipinski definition) is 3. The Morgan fingerprint density at radius 3 is 2.48 bits per heavy atom. The quantitative estimate of drug-likeness (QED) is 0.888. The molecule has 0 aromatic heterocycles. The highest BCUT2D eigenvalue weighted by molar-refractivity contribution is 5.28. The second-order valence-electron chi connectivity index (χ2n) is 4.45. The molecule has 21 heavy (non-hydrogen) atoms. The minimum atomic E-state index is -0.846. The first-order valence-corrected chi connectivity index (χ1v) is 6.42. The van der Waals surface area contributed by atoms with Gasteiger partial charge in [-0.3, -0.25) is 0 Å². The third kappa shape index (κ3) is 4.55. The summed E-state index contributed by atoms with van der Waals surface area (Å²) in [7, 11) is 0. The lowest BCUT2D eigenvalue weighted by molar-refractivity contribution is 0.367. The highest BCUT2D eigenvalue weighted by Crippen LogP contribution is 2.13. The molecule has 0 heterocycles. The highest BCUT2D eigenvalue weighted by atomic mass is 19.2. The van der Waals surface area contributed by atoms with Crippen LogP contribution in [-0.2, 0) is 13.1 Å². The third-order valence-corrected chi connectivity index (χ3v) is 2.84. The molecule has 0 spiro atoms. The van der Waals surface area contributed by atoms with Crippen molar-refractivity contribution in [2.45, 2.75) is 13.1 Å². The first-order valence-electron chi connectivity index (χ1n) is 6.42. The van der Waals surface area contributed by atoms with Gasteiger partial charge in [-0.1, -0.05) is 18.2 Å². The number of nitrogens with zero attached hydrogens (tertiary/aromatic N) is 1. The maximum Gasteiger partial charge on any atom is 0.174 e. The lowest BCUT2D eigenvalue weighted by Crippen LogP contribution is -2.13. The molecule has 0 aliphatic carbocycles. The Labute approximate surface area is 121 Å². The fourth-order valence-corrected chi connectivity index (χ4v) is 1.86. The van der Waals surface area contributed by atoms with Crippen molar-refractivity contribution >= 4 is 0 Å². The molecule has 0 saturated carbocycles. The summed E-state index contributed by atoms with van der Waals surface area (Å²) in [6.45, 7) is 0.995. The first-order chi connectivity index (χ1) is 10.2. The fraction of sp³-hybridized carbons (Fsp3) is 0.188. The SMILES string of the molecule is N#CCOc1cccc(CNCc2ccc(F)c(F)c2)c1. The van der Waals surface area contributed by atoms with E-state index in [1.165, 1.54) is 12.1 Å². The van der Waals surface area contributed by atoms with Crippen LogP contribution in [-0.4, -0.2) is 6.61 Å². The molecule has 5 heteroatoms. The fourth-order valence-electron chi connectivity index (χ4n) is 1.86. The van der Waals surface area contributed by atoms with Gasteiger partial charge in [-0.2, -0.15) is 5.26 Å². The van der Waals surface area contributed by atoms with Crippen LogP contribution in [0, 0.1) is 23.0 Å². The summed E-state index contributed by atoms with van der Waals surface area (Å²) >= 11 is 0. The molecule has 3 nitrogen and oxygen atoms in total. The van der Waals surface area contributed by atoms with Gasteiger partial charge in [-0.25, -0.2) is 8.78 Å². The highest BCUT2D eigenvalue weighted by Gasteiger charge is 2.02. The predicted molar refractivity (Wildman–Crippen MR) is 74.5 cm³/mol. The van der Waals surface area contributed by atoms with E-state index in [1.54, 1.807) is 6.07 Å². The molecule has 0 unspecified atom stereocenters. The minimum Gasteiger partial charge on any atom is -0.479 e. The third-order valence-electron chi connectivity index (χ3n) is 2.84. The number of rotatable bonds is 6. The van der Waals surface area contributed by atoms with Gasteiger partial charge in [0.1, 0.15) is 11.8 Å². The molecule has 2 aromatic carbocycles. The summed E-state index contributed by atoms with van der Waals surface area (Å²) in [6.07, 6.45) is 0. The predicted octanol–water partition coefficient (Wildman–Crippen LogP) is 3.16. The van der Waals surface area contributed by atoms with E-state index < -0.39 is 11.6 Å². The summed E-state index contributed by atoms with van der Waals surface area (Å²) in [6, 6.07) is 13.1. The Hall–Kier alpha value is -2.45. The number of halogens is 2. The summed E-state index contributed by atoms with van der Waals surface area (Å²) in [5, 5.41) is 11.6. The normalized spacial score (nSPS) is 10.1. The van der Waals surface area contributed by atoms with E-state index in [0.717, 1.165) is 11.6 Å². The second kappa shape index (κ2) is 7.36. The molecule has 0 aliphatic rings. The smallest absolute Gasteiger partial charge is 0.174 e. The van der Waals surface area contributed by atoms with Crippen molar-refractivity contribution in [1.29, 1.82) is 5.26 Å². The van der Waals surface area contributed by atoms with Crippen LogP contribution < -0.4 is 10.1 Å². The monoisotopic (exact) mass is 288 g/mol. The lowest BCUT2D eigenvalue weighted by Gasteiger charge is -2.07. The van der Waals surface area contributed by atoms with Gasteiger partial charge in [0.05, 0.1) is 0 Å². The van der Waals surface area contributed by atoms with Gasteiger partial charge in [0.25, 0.3) is 0 Å². The van der Waals surface area contributed by atoms with Gasteiger partial charge in [0, 0.05) is 13.1 Å². The largest absolute Gasteiger partial charge is 0.479 e. The first kappa shape index (κ1) is 14.9. The Kier molecular flexibility index (Phi) is 5.24. The molecule has 0 bridgehead atoms. The zero-order chi connectivity index (χ0) is 15.1. The molecule has 0 amide bonds. The summed E-state index contributed by atoms with van der Waals surface area (Å²) < 4.78 is 31.1. The van der Waals surface area contributed by atoms with Crippen molar-refractivity contribution in [2.24, 2.45) is 0 Å². The molecule has 0 atom stereocenters. The van der Waals surface area contributed by atoms with Crippen molar-refractivity contribution in [2.75, 3.05) is 6.61 Å². The van der Waals surface area contributed by atoms with Gasteiger partial charge in [0.15, 0.2) is 18.2 Å². The van der Waals surface area contributed by atoms with E-state index >= 15 is 0 Å². The van der Waals surface area contributed by atoms with Crippen molar-refractivity contribution in [3.05, 3.63) is 65.2 Å². The van der Waals surface area contributed by atoms with Crippen LogP contribution in [0.1, 0.15) is 11.1 Å². The van der Waals surface area contributed by atoms with Crippen LogP contribution >= 0.6 is 0 Å². The molecular formula is C16H14F2N2O. The molecule has 0 saturated heterocycles. The van der Waals surface area contributed by atoms with E-state index in [0.29, 0.717) is 24.4 Å². The van der Waals surface area contributed by atoms with Crippen LogP contribution in [0.5, 0.6) is 5.75 Å². The molecule has 108 valence electrons. The van der Waals surface area contributed by atoms with E-state index in [-0.39, 0.29) is 6.61 Å². The average molecular weight is 288 g/mol. The van der Waals surface area contributed by atoms with Gasteiger partial charge in [-0.15, -0.1) is 0 Å². The maximum atomic E-state index is 13.1. The van der Waals surface area contributed by atoms with Gasteiger partial charge in [0.2, 0.25) is 0 Å². The van der Waals surface area contributed by atoms with Crippen LogP contribution in [0.4, 0.5) is 8.78 Å². The molecule has 2 aromatic rings. The lowest BCUT2D eigenvalue weighted by atomic mass is 10.2. The van der Waals surface area contributed by atoms with Gasteiger partial charge in [-0.05, 0) is 35.4 Å². The van der Waals surface area contributed by atoms with Crippen molar-refractivity contribution in [1.82, 2.24) is 5.32 Å². The van der Waals surface area contributed by atoms with Gasteiger partial charge >= 0.3 is 0 Å². The maximum absolute atomic E-state index is 13.1. The van der Waals surface area contributed by atoms with Crippen LogP contribution in [0.15, 0.2) is 42.5 Å². The summed E-state index contributed by atoms with van der Waals surface area (Å²) in [5.74, 6) is -1.06. The Morgan fingerprint density at radius 2 is 1.76 bits per heavy atom. The molecule has 1 N–H and O–H groups in total. The molecule has 0 fully saturated rings. The zero-order valence-corrected chi connectivity index (χ0v) is 11.3. The van der Waals surface area contributed by atoms with Crippen molar-refractivity contribution in [3.8, 4) is 11.8 Å². The standard InChI is InChI=1S/C16H14F2N2O/c17-15-5-4-13(9-16(15)18)11-20-10-12-2-1-3-14(8-12)21-7-6-19/h1-5,8-9,20H,7,10-11H2. The number of benzene rings is 2. The Morgan fingerprint density at radius 1 is 1.00 bits per heavy atom. The molecule has 0 radical (unpaired) electrons. The summed E-state index contributed by atoms with van der Waals surface area (Å²) in [4.78, 5) is 0. The van der Waals surface area contributed by atoms with Gasteiger partial charge < -0.3 is 10.1 Å². The van der Waals surface area contributed by atoms with Crippen LogP contribution in [0.25, 0.3) is 0 Å². The molecule has 2 rings (SSSR count). The van der Waals surface area contributed by atoms with Crippen LogP contribution in [0.3, 0.4) is 0 Å². The van der Waals surface area contributed by atoms with Crippen LogP contribution in [0.2, 0.25) is 0 Å². The number of hydrogen-bond donors (Lipinski definition) is 1. The van der Waals surface area contributed by atoms with E-state index in [2.05, 4.69) is 5.32 Å². The topological polar surface area (TPSA) is 45.0 Å². The van der Waals surface area contributed by atoms with E-state index in [4.69, 9.17) is 10.00 Å². The average Bonchev–Trinajstić information content (AvgIpc) is 2.49. The molecule has 0 aliphatic heterocycles. The van der Waals surface area contributed by atoms with E-state index in [1.807, 2.05) is 24.3 Å². The Bertz CT molecular complexity index is 653.